The fraction of sp³-hybridized carbons (Fsp3) is 0.286. The number of hydrogen-bond donors (Lipinski definition) is 1. The Morgan fingerprint density at radius 3 is 2.84 bits per heavy atom. The van der Waals surface area contributed by atoms with E-state index in [0.717, 1.165) is 24.2 Å². The quantitative estimate of drug-likeness (QED) is 0.845. The van der Waals surface area contributed by atoms with E-state index in [-0.39, 0.29) is 5.82 Å². The molecule has 0 aliphatic carbocycles. The van der Waals surface area contributed by atoms with Crippen molar-refractivity contribution in [1.82, 2.24) is 9.97 Å². The highest BCUT2D eigenvalue weighted by molar-refractivity contribution is 6.29. The molecule has 3 nitrogen and oxygen atoms in total. The maximum absolute atomic E-state index is 13.0. The molecule has 1 heterocycles. The van der Waals surface area contributed by atoms with Crippen molar-refractivity contribution in [1.29, 1.82) is 0 Å². The fourth-order valence-corrected chi connectivity index (χ4v) is 1.93. The van der Waals surface area contributed by atoms with Crippen LogP contribution in [0.1, 0.15) is 24.7 Å². The van der Waals surface area contributed by atoms with Crippen molar-refractivity contribution in [3.05, 3.63) is 52.7 Å². The molecule has 100 valence electrons. The van der Waals surface area contributed by atoms with Crippen molar-refractivity contribution in [2.45, 2.75) is 26.3 Å². The van der Waals surface area contributed by atoms with Crippen LogP contribution in [0.2, 0.25) is 5.15 Å². The zero-order chi connectivity index (χ0) is 13.7. The zero-order valence-corrected chi connectivity index (χ0v) is 11.4. The Hall–Kier alpha value is -1.68. The smallest absolute Gasteiger partial charge is 0.134 e. The van der Waals surface area contributed by atoms with Crippen LogP contribution >= 0.6 is 11.6 Å². The Morgan fingerprint density at radius 1 is 1.26 bits per heavy atom. The maximum Gasteiger partial charge on any atom is 0.134 e. The normalized spacial score (nSPS) is 10.5. The Kier molecular flexibility index (Phi) is 4.68. The molecule has 0 spiro atoms. The summed E-state index contributed by atoms with van der Waals surface area (Å²) in [5.74, 6) is 1.14. The maximum atomic E-state index is 13.0. The molecule has 0 radical (unpaired) electrons. The monoisotopic (exact) mass is 279 g/mol. The zero-order valence-electron chi connectivity index (χ0n) is 10.7. The van der Waals surface area contributed by atoms with Gasteiger partial charge in [-0.2, -0.15) is 0 Å². The van der Waals surface area contributed by atoms with Gasteiger partial charge >= 0.3 is 0 Å². The van der Waals surface area contributed by atoms with Gasteiger partial charge in [0.05, 0.1) is 0 Å². The topological polar surface area (TPSA) is 37.8 Å². The minimum atomic E-state index is -0.244. The van der Waals surface area contributed by atoms with Gasteiger partial charge in [0, 0.05) is 19.0 Å². The Labute approximate surface area is 116 Å². The molecule has 2 rings (SSSR count). The van der Waals surface area contributed by atoms with E-state index in [0.29, 0.717) is 17.5 Å². The summed E-state index contributed by atoms with van der Waals surface area (Å²) in [6.45, 7) is 2.56. The number of hydrogen-bond acceptors (Lipinski definition) is 3. The molecule has 1 aromatic heterocycles. The number of aromatic nitrogens is 2. The van der Waals surface area contributed by atoms with Gasteiger partial charge in [0.25, 0.3) is 0 Å². The van der Waals surface area contributed by atoms with E-state index < -0.39 is 0 Å². The van der Waals surface area contributed by atoms with E-state index in [4.69, 9.17) is 11.6 Å². The van der Waals surface area contributed by atoms with E-state index in [9.17, 15) is 4.39 Å². The molecular weight excluding hydrogens is 265 g/mol. The van der Waals surface area contributed by atoms with Gasteiger partial charge in [-0.25, -0.2) is 14.4 Å². The number of benzene rings is 1. The van der Waals surface area contributed by atoms with Crippen molar-refractivity contribution in [3.63, 3.8) is 0 Å². The highest BCUT2D eigenvalue weighted by Gasteiger charge is 2.03. The molecule has 0 bridgehead atoms. The molecule has 0 saturated heterocycles. The van der Waals surface area contributed by atoms with E-state index >= 15 is 0 Å². The summed E-state index contributed by atoms with van der Waals surface area (Å²) in [5.41, 5.74) is 0.853. The molecule has 5 heteroatoms. The lowest BCUT2D eigenvalue weighted by molar-refractivity contribution is 0.626. The van der Waals surface area contributed by atoms with Crippen LogP contribution in [0.3, 0.4) is 0 Å². The first-order valence-electron chi connectivity index (χ1n) is 6.19. The van der Waals surface area contributed by atoms with E-state index in [1.54, 1.807) is 12.1 Å². The summed E-state index contributed by atoms with van der Waals surface area (Å²) < 4.78 is 13.0. The molecule has 19 heavy (non-hydrogen) atoms. The number of aryl methyl sites for hydroxylation is 1. The van der Waals surface area contributed by atoms with Crippen LogP contribution in [0.4, 0.5) is 10.2 Å². The number of anilines is 1. The first-order valence-corrected chi connectivity index (χ1v) is 6.57. The number of nitrogens with zero attached hydrogens (tertiary/aromatic N) is 2. The van der Waals surface area contributed by atoms with Crippen LogP contribution in [-0.4, -0.2) is 9.97 Å². The summed E-state index contributed by atoms with van der Waals surface area (Å²) in [4.78, 5) is 8.51. The molecule has 1 aromatic carbocycles. The standard InChI is InChI=1S/C14H15ClFN3/c1-2-4-13-18-12(15)8-14(19-13)17-9-10-5-3-6-11(16)7-10/h3,5-8H,2,4,9H2,1H3,(H,17,18,19). The average Bonchev–Trinajstić information content (AvgIpc) is 2.36. The molecule has 0 aliphatic heterocycles. The number of nitrogens with one attached hydrogen (secondary N) is 1. The second-order valence-corrected chi connectivity index (χ2v) is 4.61. The lowest BCUT2D eigenvalue weighted by Gasteiger charge is -2.08. The number of rotatable bonds is 5. The lowest BCUT2D eigenvalue weighted by Crippen LogP contribution is -2.05. The molecule has 0 unspecified atom stereocenters. The molecule has 1 N–H and O–H groups in total. The van der Waals surface area contributed by atoms with Crippen molar-refractivity contribution in [2.75, 3.05) is 5.32 Å². The van der Waals surface area contributed by atoms with E-state index in [1.807, 2.05) is 6.07 Å². The Bertz CT molecular complexity index is 560. The van der Waals surface area contributed by atoms with Gasteiger partial charge in [0.1, 0.15) is 22.6 Å². The first-order chi connectivity index (χ1) is 9.17. The first kappa shape index (κ1) is 13.7. The fourth-order valence-electron chi connectivity index (χ4n) is 1.73. The Morgan fingerprint density at radius 2 is 2.11 bits per heavy atom. The summed E-state index contributed by atoms with van der Waals surface area (Å²) >= 11 is 5.94. The molecular formula is C14H15ClFN3. The van der Waals surface area contributed by atoms with E-state index in [2.05, 4.69) is 22.2 Å². The van der Waals surface area contributed by atoms with Crippen LogP contribution < -0.4 is 5.32 Å². The molecule has 0 atom stereocenters. The SMILES string of the molecule is CCCc1nc(Cl)cc(NCc2cccc(F)c2)n1. The third-order valence-corrected chi connectivity index (χ3v) is 2.77. The minimum Gasteiger partial charge on any atom is -0.366 e. The van der Waals surface area contributed by atoms with Crippen LogP contribution in [0.25, 0.3) is 0 Å². The predicted molar refractivity (Wildman–Crippen MR) is 74.8 cm³/mol. The average molecular weight is 280 g/mol. The molecule has 0 aliphatic rings. The van der Waals surface area contributed by atoms with Crippen LogP contribution in [0, 0.1) is 5.82 Å². The predicted octanol–water partition coefficient (Wildman–Crippen LogP) is 3.83. The highest BCUT2D eigenvalue weighted by atomic mass is 35.5. The summed E-state index contributed by atoms with van der Waals surface area (Å²) in [7, 11) is 0. The van der Waals surface area contributed by atoms with Crippen LogP contribution in [0.5, 0.6) is 0 Å². The van der Waals surface area contributed by atoms with Crippen molar-refractivity contribution >= 4 is 17.4 Å². The summed E-state index contributed by atoms with van der Waals surface area (Å²) in [6.07, 6.45) is 1.75. The largest absolute Gasteiger partial charge is 0.366 e. The van der Waals surface area contributed by atoms with Gasteiger partial charge in [0.15, 0.2) is 0 Å². The van der Waals surface area contributed by atoms with Gasteiger partial charge in [-0.15, -0.1) is 0 Å². The Balaban J connectivity index is 2.06. The molecule has 2 aromatic rings. The number of halogens is 2. The third kappa shape index (κ3) is 4.17. The molecule has 0 fully saturated rings. The second-order valence-electron chi connectivity index (χ2n) is 4.23. The highest BCUT2D eigenvalue weighted by Crippen LogP contribution is 2.14. The second kappa shape index (κ2) is 6.48. The van der Waals surface area contributed by atoms with Gasteiger partial charge in [-0.05, 0) is 24.1 Å². The summed E-state index contributed by atoms with van der Waals surface area (Å²) in [6, 6.07) is 8.11. The summed E-state index contributed by atoms with van der Waals surface area (Å²) in [5, 5.41) is 3.54. The van der Waals surface area contributed by atoms with Crippen LogP contribution in [0.15, 0.2) is 30.3 Å². The molecule has 0 saturated carbocycles. The lowest BCUT2D eigenvalue weighted by atomic mass is 10.2. The van der Waals surface area contributed by atoms with Crippen molar-refractivity contribution < 1.29 is 4.39 Å². The van der Waals surface area contributed by atoms with E-state index in [1.165, 1.54) is 12.1 Å². The minimum absolute atomic E-state index is 0.244. The van der Waals surface area contributed by atoms with Crippen molar-refractivity contribution in [3.8, 4) is 0 Å². The van der Waals surface area contributed by atoms with Crippen molar-refractivity contribution in [2.24, 2.45) is 0 Å². The van der Waals surface area contributed by atoms with Crippen LogP contribution in [-0.2, 0) is 13.0 Å². The molecule has 0 amide bonds. The van der Waals surface area contributed by atoms with Gasteiger partial charge in [-0.3, -0.25) is 0 Å². The van der Waals surface area contributed by atoms with Gasteiger partial charge in [-0.1, -0.05) is 30.7 Å². The third-order valence-electron chi connectivity index (χ3n) is 2.58. The van der Waals surface area contributed by atoms with Gasteiger partial charge in [0.2, 0.25) is 0 Å². The van der Waals surface area contributed by atoms with Gasteiger partial charge < -0.3 is 5.32 Å².